The van der Waals surface area contributed by atoms with Gasteiger partial charge in [0, 0.05) is 50.5 Å². The first-order valence-corrected chi connectivity index (χ1v) is 9.98. The lowest BCUT2D eigenvalue weighted by Gasteiger charge is -2.40. The van der Waals surface area contributed by atoms with Crippen molar-refractivity contribution in [1.29, 1.82) is 0 Å². The van der Waals surface area contributed by atoms with E-state index in [1.54, 1.807) is 0 Å². The standard InChI is InChI=1S/C21H29N5O/c1-17-15-23-21(24-20(17)22-16-18-5-3-2-4-6-18)26-9-7-19(8-10-26)25-11-13-27-14-12-25/h2-6,15,19H,7-14,16H2,1H3,(H,22,23,24). The quantitative estimate of drug-likeness (QED) is 0.877. The molecule has 144 valence electrons. The van der Waals surface area contributed by atoms with E-state index in [1.807, 2.05) is 12.3 Å². The molecule has 3 heterocycles. The summed E-state index contributed by atoms with van der Waals surface area (Å²) in [5.41, 5.74) is 2.33. The second kappa shape index (κ2) is 8.67. The van der Waals surface area contributed by atoms with E-state index in [2.05, 4.69) is 51.3 Å². The van der Waals surface area contributed by atoms with Crippen LogP contribution in [-0.2, 0) is 11.3 Å². The third-order valence-electron chi connectivity index (χ3n) is 5.57. The Balaban J connectivity index is 1.36. The smallest absolute Gasteiger partial charge is 0.227 e. The molecule has 2 aromatic rings. The maximum atomic E-state index is 5.48. The maximum absolute atomic E-state index is 5.48. The van der Waals surface area contributed by atoms with Crippen molar-refractivity contribution in [2.24, 2.45) is 0 Å². The summed E-state index contributed by atoms with van der Waals surface area (Å²) in [4.78, 5) is 14.3. The fourth-order valence-corrected chi connectivity index (χ4v) is 3.92. The molecule has 2 saturated heterocycles. The van der Waals surface area contributed by atoms with Gasteiger partial charge in [-0.15, -0.1) is 0 Å². The highest BCUT2D eigenvalue weighted by molar-refractivity contribution is 5.48. The molecule has 2 aliphatic heterocycles. The van der Waals surface area contributed by atoms with Crippen molar-refractivity contribution in [2.75, 3.05) is 49.6 Å². The van der Waals surface area contributed by atoms with Crippen LogP contribution in [0.4, 0.5) is 11.8 Å². The Morgan fingerprint density at radius 3 is 2.56 bits per heavy atom. The fraction of sp³-hybridized carbons (Fsp3) is 0.524. The normalized spacial score (nSPS) is 19.2. The van der Waals surface area contributed by atoms with Gasteiger partial charge in [0.2, 0.25) is 5.95 Å². The molecule has 0 bridgehead atoms. The van der Waals surface area contributed by atoms with E-state index < -0.39 is 0 Å². The van der Waals surface area contributed by atoms with Crippen molar-refractivity contribution in [3.8, 4) is 0 Å². The molecule has 2 fully saturated rings. The molecule has 0 amide bonds. The number of rotatable bonds is 5. The second-order valence-electron chi connectivity index (χ2n) is 7.41. The Hall–Kier alpha value is -2.18. The third kappa shape index (κ3) is 4.57. The number of nitrogens with one attached hydrogen (secondary N) is 1. The minimum Gasteiger partial charge on any atom is -0.379 e. The Bertz CT molecular complexity index is 725. The van der Waals surface area contributed by atoms with Crippen molar-refractivity contribution < 1.29 is 4.74 Å². The van der Waals surface area contributed by atoms with Gasteiger partial charge >= 0.3 is 0 Å². The van der Waals surface area contributed by atoms with E-state index >= 15 is 0 Å². The van der Waals surface area contributed by atoms with Gasteiger partial charge in [0.15, 0.2) is 0 Å². The predicted octanol–water partition coefficient (Wildman–Crippen LogP) is 2.70. The highest BCUT2D eigenvalue weighted by atomic mass is 16.5. The van der Waals surface area contributed by atoms with Crippen LogP contribution >= 0.6 is 0 Å². The molecule has 2 aliphatic rings. The van der Waals surface area contributed by atoms with Crippen LogP contribution in [-0.4, -0.2) is 60.3 Å². The lowest BCUT2D eigenvalue weighted by atomic mass is 10.0. The van der Waals surface area contributed by atoms with E-state index in [-0.39, 0.29) is 0 Å². The zero-order chi connectivity index (χ0) is 18.5. The molecule has 27 heavy (non-hydrogen) atoms. The Morgan fingerprint density at radius 1 is 1.07 bits per heavy atom. The van der Waals surface area contributed by atoms with E-state index in [9.17, 15) is 0 Å². The van der Waals surface area contributed by atoms with Crippen molar-refractivity contribution >= 4 is 11.8 Å². The minimum absolute atomic E-state index is 0.672. The minimum atomic E-state index is 0.672. The van der Waals surface area contributed by atoms with E-state index in [0.29, 0.717) is 6.04 Å². The first-order valence-electron chi connectivity index (χ1n) is 9.98. The van der Waals surface area contributed by atoms with Crippen molar-refractivity contribution in [3.05, 3.63) is 47.7 Å². The molecule has 1 aromatic carbocycles. The molecule has 1 aromatic heterocycles. The van der Waals surface area contributed by atoms with Gasteiger partial charge in [-0.2, -0.15) is 4.98 Å². The number of piperidine rings is 1. The van der Waals surface area contributed by atoms with Crippen molar-refractivity contribution in [3.63, 3.8) is 0 Å². The number of hydrogen-bond donors (Lipinski definition) is 1. The van der Waals surface area contributed by atoms with Crippen molar-refractivity contribution in [2.45, 2.75) is 32.4 Å². The predicted molar refractivity (Wildman–Crippen MR) is 108 cm³/mol. The highest BCUT2D eigenvalue weighted by Gasteiger charge is 2.27. The summed E-state index contributed by atoms with van der Waals surface area (Å²) in [5.74, 6) is 1.77. The number of anilines is 2. The van der Waals surface area contributed by atoms with Gasteiger partial charge in [-0.1, -0.05) is 30.3 Å². The first kappa shape index (κ1) is 18.2. The number of morpholine rings is 1. The number of hydrogen-bond acceptors (Lipinski definition) is 6. The fourth-order valence-electron chi connectivity index (χ4n) is 3.92. The first-order chi connectivity index (χ1) is 13.3. The highest BCUT2D eigenvalue weighted by Crippen LogP contribution is 2.23. The van der Waals surface area contributed by atoms with E-state index in [4.69, 9.17) is 9.72 Å². The lowest BCUT2D eigenvalue weighted by Crippen LogP contribution is -2.49. The van der Waals surface area contributed by atoms with Crippen LogP contribution in [0.3, 0.4) is 0 Å². The zero-order valence-corrected chi connectivity index (χ0v) is 16.1. The zero-order valence-electron chi connectivity index (χ0n) is 16.1. The van der Waals surface area contributed by atoms with Crippen LogP contribution in [0.5, 0.6) is 0 Å². The van der Waals surface area contributed by atoms with Crippen LogP contribution in [0.2, 0.25) is 0 Å². The summed E-state index contributed by atoms with van der Waals surface area (Å²) in [6.45, 7) is 8.75. The van der Waals surface area contributed by atoms with Crippen LogP contribution in [0, 0.1) is 6.92 Å². The summed E-state index contributed by atoms with van der Waals surface area (Å²) >= 11 is 0. The van der Waals surface area contributed by atoms with Gasteiger partial charge in [-0.3, -0.25) is 4.90 Å². The molecular formula is C21H29N5O. The largest absolute Gasteiger partial charge is 0.379 e. The van der Waals surface area contributed by atoms with Gasteiger partial charge in [-0.05, 0) is 25.3 Å². The molecule has 6 heteroatoms. The monoisotopic (exact) mass is 367 g/mol. The van der Waals surface area contributed by atoms with E-state index in [0.717, 1.165) is 63.3 Å². The van der Waals surface area contributed by atoms with Crippen LogP contribution in [0.25, 0.3) is 0 Å². The maximum Gasteiger partial charge on any atom is 0.227 e. The Kier molecular flexibility index (Phi) is 5.84. The van der Waals surface area contributed by atoms with Gasteiger partial charge < -0.3 is 15.0 Å². The summed E-state index contributed by atoms with van der Waals surface area (Å²) in [5, 5.41) is 3.47. The second-order valence-corrected chi connectivity index (χ2v) is 7.41. The number of aromatic nitrogens is 2. The molecule has 4 rings (SSSR count). The average Bonchev–Trinajstić information content (AvgIpc) is 2.75. The summed E-state index contributed by atoms with van der Waals surface area (Å²) in [6.07, 6.45) is 4.28. The molecular weight excluding hydrogens is 338 g/mol. The third-order valence-corrected chi connectivity index (χ3v) is 5.57. The van der Waals surface area contributed by atoms with Crippen LogP contribution in [0.1, 0.15) is 24.0 Å². The molecule has 0 atom stereocenters. The molecule has 0 unspecified atom stereocenters. The van der Waals surface area contributed by atoms with Crippen LogP contribution < -0.4 is 10.2 Å². The molecule has 1 N–H and O–H groups in total. The Morgan fingerprint density at radius 2 is 1.81 bits per heavy atom. The number of benzene rings is 1. The molecule has 0 radical (unpaired) electrons. The molecule has 0 spiro atoms. The average molecular weight is 367 g/mol. The molecule has 6 nitrogen and oxygen atoms in total. The summed E-state index contributed by atoms with van der Waals surface area (Å²) < 4.78 is 5.48. The molecule has 0 aliphatic carbocycles. The SMILES string of the molecule is Cc1cnc(N2CCC(N3CCOCC3)CC2)nc1NCc1ccccc1. The summed E-state index contributed by atoms with van der Waals surface area (Å²) in [6, 6.07) is 11.1. The topological polar surface area (TPSA) is 53.5 Å². The van der Waals surface area contributed by atoms with Gasteiger partial charge in [-0.25, -0.2) is 4.98 Å². The van der Waals surface area contributed by atoms with Gasteiger partial charge in [0.05, 0.1) is 13.2 Å². The lowest BCUT2D eigenvalue weighted by molar-refractivity contribution is 0.0114. The molecule has 0 saturated carbocycles. The summed E-state index contributed by atoms with van der Waals surface area (Å²) in [7, 11) is 0. The van der Waals surface area contributed by atoms with Crippen LogP contribution in [0.15, 0.2) is 36.5 Å². The van der Waals surface area contributed by atoms with Gasteiger partial charge in [0.1, 0.15) is 5.82 Å². The Labute approximate surface area is 161 Å². The van der Waals surface area contributed by atoms with Gasteiger partial charge in [0.25, 0.3) is 0 Å². The van der Waals surface area contributed by atoms with Crippen molar-refractivity contribution in [1.82, 2.24) is 14.9 Å². The number of nitrogens with zero attached hydrogens (tertiary/aromatic N) is 4. The number of aryl methyl sites for hydroxylation is 1. The number of ether oxygens (including phenoxy) is 1. The van der Waals surface area contributed by atoms with E-state index in [1.165, 1.54) is 18.4 Å².